The zero-order valence-electron chi connectivity index (χ0n) is 13.4. The van der Waals surface area contributed by atoms with Crippen molar-refractivity contribution in [2.24, 2.45) is 5.92 Å². The van der Waals surface area contributed by atoms with Crippen LogP contribution in [-0.2, 0) is 11.2 Å². The minimum absolute atomic E-state index is 0.0188. The maximum absolute atomic E-state index is 12.4. The molecule has 0 radical (unpaired) electrons. The number of amides is 1. The largest absolute Gasteiger partial charge is 0.349 e. The molecule has 3 aromatic rings. The summed E-state index contributed by atoms with van der Waals surface area (Å²) in [5.41, 5.74) is 1.96. The second kappa shape index (κ2) is 6.96. The third-order valence-corrected chi connectivity index (χ3v) is 4.50. The lowest BCUT2D eigenvalue weighted by Gasteiger charge is -2.21. The zero-order valence-corrected chi connectivity index (χ0v) is 14.2. The number of carbonyl (C=O) groups is 1. The molecular weight excluding hydrogens is 306 g/mol. The van der Waals surface area contributed by atoms with Crippen LogP contribution in [-0.4, -0.2) is 15.3 Å². The quantitative estimate of drug-likeness (QED) is 0.747. The number of fused-ring (bicyclic) bond motifs is 1. The summed E-state index contributed by atoms with van der Waals surface area (Å²) < 4.78 is 1.95. The smallest absolute Gasteiger partial charge is 0.226 e. The summed E-state index contributed by atoms with van der Waals surface area (Å²) in [4.78, 5) is 17.8. The lowest BCUT2D eigenvalue weighted by molar-refractivity contribution is -0.121. The van der Waals surface area contributed by atoms with Crippen LogP contribution >= 0.6 is 11.3 Å². The Balaban J connectivity index is 1.68. The second-order valence-corrected chi connectivity index (χ2v) is 7.04. The average Bonchev–Trinajstić information content (AvgIpc) is 3.08. The maximum Gasteiger partial charge on any atom is 0.226 e. The van der Waals surface area contributed by atoms with Crippen molar-refractivity contribution in [1.29, 1.82) is 0 Å². The number of imidazole rings is 1. The molecule has 1 aromatic carbocycles. The van der Waals surface area contributed by atoms with Crippen molar-refractivity contribution in [2.45, 2.75) is 32.7 Å². The highest BCUT2D eigenvalue weighted by Gasteiger charge is 2.17. The highest BCUT2D eigenvalue weighted by Crippen LogP contribution is 2.21. The molecule has 0 aliphatic heterocycles. The number of nitrogens with one attached hydrogen (secondary N) is 1. The molecule has 0 spiro atoms. The molecular formula is C18H21N3OS. The molecule has 1 atom stereocenters. The third kappa shape index (κ3) is 3.99. The molecule has 1 N–H and O–H groups in total. The molecule has 0 saturated carbocycles. The molecule has 0 aliphatic carbocycles. The summed E-state index contributed by atoms with van der Waals surface area (Å²) >= 11 is 1.57. The van der Waals surface area contributed by atoms with Crippen LogP contribution in [0.5, 0.6) is 0 Å². The Hall–Kier alpha value is -2.14. The minimum atomic E-state index is 0.0188. The van der Waals surface area contributed by atoms with Crippen LogP contribution in [0.1, 0.15) is 37.6 Å². The van der Waals surface area contributed by atoms with Crippen molar-refractivity contribution in [1.82, 2.24) is 14.7 Å². The van der Waals surface area contributed by atoms with Gasteiger partial charge in [0.1, 0.15) is 0 Å². The van der Waals surface area contributed by atoms with Gasteiger partial charge in [-0.2, -0.15) is 0 Å². The molecule has 3 rings (SSSR count). The molecule has 0 aliphatic rings. The number of aromatic nitrogens is 2. The van der Waals surface area contributed by atoms with Crippen LogP contribution in [0.4, 0.5) is 0 Å². The van der Waals surface area contributed by atoms with Gasteiger partial charge in [-0.1, -0.05) is 44.2 Å². The lowest BCUT2D eigenvalue weighted by Crippen LogP contribution is -2.30. The van der Waals surface area contributed by atoms with Gasteiger partial charge in [0, 0.05) is 17.8 Å². The SMILES string of the molecule is CC(C)CC(NC(=O)Cc1cn2ccsc2n1)c1ccccc1. The summed E-state index contributed by atoms with van der Waals surface area (Å²) in [6.45, 7) is 4.34. The molecule has 5 heteroatoms. The first kappa shape index (κ1) is 15.7. The molecule has 0 bridgehead atoms. The number of benzene rings is 1. The van der Waals surface area contributed by atoms with Gasteiger partial charge in [-0.15, -0.1) is 11.3 Å². The molecule has 4 nitrogen and oxygen atoms in total. The number of hydrogen-bond donors (Lipinski definition) is 1. The van der Waals surface area contributed by atoms with E-state index in [4.69, 9.17) is 0 Å². The topological polar surface area (TPSA) is 46.4 Å². The van der Waals surface area contributed by atoms with Gasteiger partial charge in [0.15, 0.2) is 4.96 Å². The van der Waals surface area contributed by atoms with Crippen molar-refractivity contribution < 1.29 is 4.79 Å². The first-order valence-electron chi connectivity index (χ1n) is 7.87. The minimum Gasteiger partial charge on any atom is -0.349 e. The van der Waals surface area contributed by atoms with E-state index >= 15 is 0 Å². The highest BCUT2D eigenvalue weighted by molar-refractivity contribution is 7.15. The standard InChI is InChI=1S/C18H21N3OS/c1-13(2)10-16(14-6-4-3-5-7-14)20-17(22)11-15-12-21-8-9-23-18(21)19-15/h3-9,12-13,16H,10-11H2,1-2H3,(H,20,22). The second-order valence-electron chi connectivity index (χ2n) is 6.16. The molecule has 2 aromatic heterocycles. The molecule has 1 amide bonds. The van der Waals surface area contributed by atoms with Gasteiger partial charge in [0.05, 0.1) is 18.2 Å². The van der Waals surface area contributed by atoms with E-state index in [0.717, 1.165) is 22.6 Å². The van der Waals surface area contributed by atoms with Crippen LogP contribution in [0, 0.1) is 5.92 Å². The van der Waals surface area contributed by atoms with Crippen molar-refractivity contribution in [3.63, 3.8) is 0 Å². The summed E-state index contributed by atoms with van der Waals surface area (Å²) in [7, 11) is 0. The van der Waals surface area contributed by atoms with E-state index in [9.17, 15) is 4.79 Å². The zero-order chi connectivity index (χ0) is 16.2. The lowest BCUT2D eigenvalue weighted by atomic mass is 9.97. The predicted molar refractivity (Wildman–Crippen MR) is 93.6 cm³/mol. The fourth-order valence-corrected chi connectivity index (χ4v) is 3.43. The Morgan fingerprint density at radius 3 is 2.78 bits per heavy atom. The number of nitrogens with zero attached hydrogens (tertiary/aromatic N) is 2. The summed E-state index contributed by atoms with van der Waals surface area (Å²) in [5, 5.41) is 5.15. The van der Waals surface area contributed by atoms with Crippen LogP contribution in [0.2, 0.25) is 0 Å². The van der Waals surface area contributed by atoms with E-state index in [1.807, 2.05) is 40.4 Å². The number of thiazole rings is 1. The normalized spacial score (nSPS) is 12.7. The van der Waals surface area contributed by atoms with E-state index in [1.165, 1.54) is 0 Å². The van der Waals surface area contributed by atoms with Crippen LogP contribution in [0.3, 0.4) is 0 Å². The van der Waals surface area contributed by atoms with Crippen molar-refractivity contribution in [3.8, 4) is 0 Å². The van der Waals surface area contributed by atoms with E-state index in [1.54, 1.807) is 11.3 Å². The van der Waals surface area contributed by atoms with Gasteiger partial charge in [-0.25, -0.2) is 4.98 Å². The van der Waals surface area contributed by atoms with Gasteiger partial charge in [-0.05, 0) is 17.9 Å². The fraction of sp³-hybridized carbons (Fsp3) is 0.333. The monoisotopic (exact) mass is 327 g/mol. The van der Waals surface area contributed by atoms with Crippen LogP contribution in [0.25, 0.3) is 4.96 Å². The van der Waals surface area contributed by atoms with Gasteiger partial charge in [0.25, 0.3) is 0 Å². The molecule has 120 valence electrons. The van der Waals surface area contributed by atoms with Crippen molar-refractivity contribution in [2.75, 3.05) is 0 Å². The number of hydrogen-bond acceptors (Lipinski definition) is 3. The average molecular weight is 327 g/mol. The van der Waals surface area contributed by atoms with Crippen molar-refractivity contribution >= 4 is 22.2 Å². The van der Waals surface area contributed by atoms with Crippen molar-refractivity contribution in [3.05, 3.63) is 59.4 Å². The van der Waals surface area contributed by atoms with Gasteiger partial charge in [-0.3, -0.25) is 9.20 Å². The molecule has 2 heterocycles. The predicted octanol–water partition coefficient (Wildman–Crippen LogP) is 3.84. The molecule has 0 fully saturated rings. The van der Waals surface area contributed by atoms with E-state index < -0.39 is 0 Å². The maximum atomic E-state index is 12.4. The van der Waals surface area contributed by atoms with Gasteiger partial charge >= 0.3 is 0 Å². The molecule has 1 unspecified atom stereocenters. The Kier molecular flexibility index (Phi) is 4.76. The molecule has 0 saturated heterocycles. The van der Waals surface area contributed by atoms with Gasteiger partial charge in [0.2, 0.25) is 5.91 Å². The Labute approximate surface area is 140 Å². The summed E-state index contributed by atoms with van der Waals surface area (Å²) in [5.74, 6) is 0.531. The number of carbonyl (C=O) groups excluding carboxylic acids is 1. The Bertz CT molecular complexity index is 747. The van der Waals surface area contributed by atoms with Gasteiger partial charge < -0.3 is 5.32 Å². The number of rotatable bonds is 6. The van der Waals surface area contributed by atoms with E-state index in [-0.39, 0.29) is 11.9 Å². The Morgan fingerprint density at radius 2 is 2.09 bits per heavy atom. The highest BCUT2D eigenvalue weighted by atomic mass is 32.1. The molecule has 23 heavy (non-hydrogen) atoms. The third-order valence-electron chi connectivity index (χ3n) is 3.73. The first-order chi connectivity index (χ1) is 11.1. The van der Waals surface area contributed by atoms with Crippen LogP contribution < -0.4 is 5.32 Å². The van der Waals surface area contributed by atoms with E-state index in [0.29, 0.717) is 12.3 Å². The fourth-order valence-electron chi connectivity index (χ4n) is 2.71. The summed E-state index contributed by atoms with van der Waals surface area (Å²) in [6, 6.07) is 10.2. The summed E-state index contributed by atoms with van der Waals surface area (Å²) in [6.07, 6.45) is 5.12. The van der Waals surface area contributed by atoms with Crippen LogP contribution in [0.15, 0.2) is 48.1 Å². The Morgan fingerprint density at radius 1 is 1.30 bits per heavy atom. The van der Waals surface area contributed by atoms with E-state index in [2.05, 4.69) is 36.3 Å². The first-order valence-corrected chi connectivity index (χ1v) is 8.75.